The molecule has 3 heterocycles. The van der Waals surface area contributed by atoms with Crippen molar-refractivity contribution in [3.8, 4) is 11.5 Å². The van der Waals surface area contributed by atoms with E-state index in [1.165, 1.54) is 30.4 Å². The smallest absolute Gasteiger partial charge is 0.266 e. The highest BCUT2D eigenvalue weighted by molar-refractivity contribution is 5.62. The van der Waals surface area contributed by atoms with Gasteiger partial charge in [0, 0.05) is 25.2 Å². The number of rotatable bonds is 2. The third kappa shape index (κ3) is 2.42. The quantitative estimate of drug-likeness (QED) is 0.917. The summed E-state index contributed by atoms with van der Waals surface area (Å²) in [5, 5.41) is 7.59. The molecule has 1 aromatic heterocycles. The molecule has 2 aliphatic heterocycles. The summed E-state index contributed by atoms with van der Waals surface area (Å²) in [7, 11) is 0. The van der Waals surface area contributed by atoms with E-state index in [1.54, 1.807) is 0 Å². The molecule has 4 rings (SSSR count). The van der Waals surface area contributed by atoms with Crippen molar-refractivity contribution in [2.24, 2.45) is 0 Å². The van der Waals surface area contributed by atoms with Crippen LogP contribution in [-0.2, 0) is 13.0 Å². The number of piperidine rings is 1. The van der Waals surface area contributed by atoms with Crippen LogP contribution in [0.1, 0.15) is 30.4 Å². The number of aromatic nitrogens is 2. The molecule has 0 unspecified atom stereocenters. The molecule has 0 radical (unpaired) electrons. The lowest BCUT2D eigenvalue weighted by Gasteiger charge is -2.24. The summed E-state index contributed by atoms with van der Waals surface area (Å²) in [6, 6.07) is 6.34. The second-order valence-electron chi connectivity index (χ2n) is 5.82. The van der Waals surface area contributed by atoms with Crippen molar-refractivity contribution in [1.82, 2.24) is 15.5 Å². The molecule has 1 saturated heterocycles. The third-order valence-corrected chi connectivity index (χ3v) is 4.42. The minimum Gasteiger partial charge on any atom is -0.338 e. The van der Waals surface area contributed by atoms with Crippen LogP contribution in [-0.4, -0.2) is 29.8 Å². The number of nitrogens with zero attached hydrogens (tertiary/aromatic N) is 3. The van der Waals surface area contributed by atoms with Gasteiger partial charge in [-0.25, -0.2) is 0 Å². The Balaban J connectivity index is 1.66. The van der Waals surface area contributed by atoms with Crippen molar-refractivity contribution in [1.29, 1.82) is 0 Å². The first-order valence-corrected chi connectivity index (χ1v) is 7.82. The van der Waals surface area contributed by atoms with Gasteiger partial charge in [-0.1, -0.05) is 12.1 Å². The van der Waals surface area contributed by atoms with Crippen molar-refractivity contribution in [2.45, 2.75) is 32.2 Å². The van der Waals surface area contributed by atoms with Gasteiger partial charge in [0.25, 0.3) is 11.8 Å². The van der Waals surface area contributed by atoms with E-state index < -0.39 is 0 Å². The second kappa shape index (κ2) is 5.48. The SMILES string of the molecule is c1cc2c(c(-c3nc(N4CCCCC4)no3)c1)CCNC2. The van der Waals surface area contributed by atoms with Crippen molar-refractivity contribution in [2.75, 3.05) is 24.5 Å². The van der Waals surface area contributed by atoms with Gasteiger partial charge in [0.1, 0.15) is 0 Å². The lowest BCUT2D eigenvalue weighted by Crippen LogP contribution is -2.30. The fourth-order valence-corrected chi connectivity index (χ4v) is 3.28. The van der Waals surface area contributed by atoms with Gasteiger partial charge in [-0.15, -0.1) is 0 Å². The van der Waals surface area contributed by atoms with E-state index in [0.29, 0.717) is 5.89 Å². The first kappa shape index (κ1) is 12.8. The molecule has 0 amide bonds. The van der Waals surface area contributed by atoms with E-state index in [1.807, 2.05) is 0 Å². The minimum absolute atomic E-state index is 0.661. The minimum atomic E-state index is 0.661. The number of anilines is 1. The zero-order valence-electron chi connectivity index (χ0n) is 12.1. The van der Waals surface area contributed by atoms with Gasteiger partial charge >= 0.3 is 0 Å². The predicted octanol–water partition coefficient (Wildman–Crippen LogP) is 2.37. The first-order chi connectivity index (χ1) is 10.4. The van der Waals surface area contributed by atoms with Gasteiger partial charge in [-0.3, -0.25) is 0 Å². The Labute approximate surface area is 124 Å². The van der Waals surface area contributed by atoms with Crippen LogP contribution in [0.25, 0.3) is 11.5 Å². The summed E-state index contributed by atoms with van der Waals surface area (Å²) < 4.78 is 5.55. The van der Waals surface area contributed by atoms with Gasteiger partial charge in [0.05, 0.1) is 0 Å². The van der Waals surface area contributed by atoms with Gasteiger partial charge in [-0.05, 0) is 54.6 Å². The maximum absolute atomic E-state index is 5.55. The molecule has 1 aromatic carbocycles. The second-order valence-corrected chi connectivity index (χ2v) is 5.82. The average molecular weight is 284 g/mol. The van der Waals surface area contributed by atoms with Crippen molar-refractivity contribution in [3.05, 3.63) is 29.3 Å². The Morgan fingerprint density at radius 2 is 2.05 bits per heavy atom. The van der Waals surface area contributed by atoms with Crippen LogP contribution in [0.15, 0.2) is 22.7 Å². The average Bonchev–Trinajstić information content (AvgIpc) is 3.05. The zero-order chi connectivity index (χ0) is 14.1. The van der Waals surface area contributed by atoms with Crippen LogP contribution in [0.3, 0.4) is 0 Å². The van der Waals surface area contributed by atoms with Crippen LogP contribution in [0.5, 0.6) is 0 Å². The van der Waals surface area contributed by atoms with Crippen LogP contribution >= 0.6 is 0 Å². The molecule has 21 heavy (non-hydrogen) atoms. The summed E-state index contributed by atoms with van der Waals surface area (Å²) in [6.07, 6.45) is 4.76. The monoisotopic (exact) mass is 284 g/mol. The van der Waals surface area contributed by atoms with Gasteiger partial charge in [0.15, 0.2) is 0 Å². The molecular formula is C16H20N4O. The highest BCUT2D eigenvalue weighted by Crippen LogP contribution is 2.29. The number of benzene rings is 1. The predicted molar refractivity (Wildman–Crippen MR) is 81.2 cm³/mol. The summed E-state index contributed by atoms with van der Waals surface area (Å²) in [5.74, 6) is 1.41. The Bertz CT molecular complexity index is 631. The Morgan fingerprint density at radius 1 is 1.14 bits per heavy atom. The summed E-state index contributed by atoms with van der Waals surface area (Å²) >= 11 is 0. The topological polar surface area (TPSA) is 54.2 Å². The largest absolute Gasteiger partial charge is 0.338 e. The molecule has 5 nitrogen and oxygen atoms in total. The van der Waals surface area contributed by atoms with E-state index in [4.69, 9.17) is 4.52 Å². The zero-order valence-corrected chi connectivity index (χ0v) is 12.1. The van der Waals surface area contributed by atoms with E-state index in [9.17, 15) is 0 Å². The molecule has 0 aliphatic carbocycles. The third-order valence-electron chi connectivity index (χ3n) is 4.42. The fraction of sp³-hybridized carbons (Fsp3) is 0.500. The van der Waals surface area contributed by atoms with Crippen molar-refractivity contribution in [3.63, 3.8) is 0 Å². The number of hydrogen-bond donors (Lipinski definition) is 1. The molecular weight excluding hydrogens is 264 g/mol. The molecule has 2 aromatic rings. The van der Waals surface area contributed by atoms with Crippen LogP contribution in [0.2, 0.25) is 0 Å². The summed E-state index contributed by atoms with van der Waals surface area (Å²) in [4.78, 5) is 6.87. The fourth-order valence-electron chi connectivity index (χ4n) is 3.28. The van der Waals surface area contributed by atoms with Crippen LogP contribution in [0.4, 0.5) is 5.95 Å². The van der Waals surface area contributed by atoms with E-state index >= 15 is 0 Å². The van der Waals surface area contributed by atoms with E-state index in [0.717, 1.165) is 44.1 Å². The molecule has 0 saturated carbocycles. The Hall–Kier alpha value is -1.88. The van der Waals surface area contributed by atoms with Gasteiger partial charge < -0.3 is 14.7 Å². The molecule has 5 heteroatoms. The highest BCUT2D eigenvalue weighted by atomic mass is 16.5. The lowest BCUT2D eigenvalue weighted by atomic mass is 9.95. The maximum atomic E-state index is 5.55. The maximum Gasteiger partial charge on any atom is 0.266 e. The summed E-state index contributed by atoms with van der Waals surface area (Å²) in [5.41, 5.74) is 3.80. The number of nitrogens with one attached hydrogen (secondary N) is 1. The van der Waals surface area contributed by atoms with Gasteiger partial charge in [-0.2, -0.15) is 4.98 Å². The first-order valence-electron chi connectivity index (χ1n) is 7.82. The molecule has 110 valence electrons. The van der Waals surface area contributed by atoms with Crippen molar-refractivity contribution < 1.29 is 4.52 Å². The summed E-state index contributed by atoms with van der Waals surface area (Å²) in [6.45, 7) is 4.01. The molecule has 0 atom stereocenters. The van der Waals surface area contributed by atoms with Crippen LogP contribution in [0, 0.1) is 0 Å². The molecule has 0 spiro atoms. The molecule has 2 aliphatic rings. The standard InChI is InChI=1S/C16H20N4O/c1-2-9-20(10-3-1)16-18-15(21-19-16)14-6-4-5-12-11-17-8-7-13(12)14/h4-6,17H,1-3,7-11H2. The normalized spacial score (nSPS) is 18.6. The molecule has 1 N–H and O–H groups in total. The van der Waals surface area contributed by atoms with Crippen LogP contribution < -0.4 is 10.2 Å². The van der Waals surface area contributed by atoms with E-state index in [-0.39, 0.29) is 0 Å². The number of hydrogen-bond acceptors (Lipinski definition) is 5. The Kier molecular flexibility index (Phi) is 3.35. The highest BCUT2D eigenvalue weighted by Gasteiger charge is 2.20. The van der Waals surface area contributed by atoms with E-state index in [2.05, 4.69) is 38.6 Å². The lowest BCUT2D eigenvalue weighted by molar-refractivity contribution is 0.425. The van der Waals surface area contributed by atoms with Crippen molar-refractivity contribution >= 4 is 5.95 Å². The molecule has 0 bridgehead atoms. The van der Waals surface area contributed by atoms with Gasteiger partial charge in [0.2, 0.25) is 0 Å². The number of fused-ring (bicyclic) bond motifs is 1. The molecule has 1 fully saturated rings. The Morgan fingerprint density at radius 3 is 2.95 bits per heavy atom.